The van der Waals surface area contributed by atoms with E-state index in [9.17, 15) is 14.4 Å². The number of rotatable bonds is 6. The average molecular weight is 518 g/mol. The molecule has 0 unspecified atom stereocenters. The quantitative estimate of drug-likeness (QED) is 0.320. The second kappa shape index (κ2) is 9.79. The van der Waals surface area contributed by atoms with Crippen LogP contribution in [0.15, 0.2) is 78.9 Å². The number of aryl methyl sites for hydroxylation is 1. The molecular weight excluding hydrogens is 490 g/mol. The highest BCUT2D eigenvalue weighted by Gasteiger charge is 2.38. The number of hydrogen-bond donors (Lipinski definition) is 1. The number of carbonyl (C=O) groups is 3. The predicted octanol–water partition coefficient (Wildman–Crippen LogP) is 5.00. The number of carbonyl (C=O) groups excluding carboxylic acids is 3. The molecule has 8 heteroatoms. The molecule has 1 aliphatic heterocycles. The van der Waals surface area contributed by atoms with Crippen LogP contribution in [-0.4, -0.2) is 49.8 Å². The van der Waals surface area contributed by atoms with Gasteiger partial charge in [-0.2, -0.15) is 5.10 Å². The SMILES string of the molecule is CC(=O)c1nn(CC(=O)N2CC[C@H]2C(=O)Nc2cccc(C)n2)c2ccc(-c3ccc4ccccc4c3)cc12. The number of hydrogen-bond acceptors (Lipinski definition) is 5. The van der Waals surface area contributed by atoms with Gasteiger partial charge in [0.15, 0.2) is 5.78 Å². The number of aromatic nitrogens is 3. The van der Waals surface area contributed by atoms with Gasteiger partial charge in [-0.25, -0.2) is 4.98 Å². The van der Waals surface area contributed by atoms with E-state index < -0.39 is 6.04 Å². The van der Waals surface area contributed by atoms with E-state index in [1.54, 1.807) is 15.6 Å². The fourth-order valence-corrected chi connectivity index (χ4v) is 5.11. The summed E-state index contributed by atoms with van der Waals surface area (Å²) in [6.07, 6.45) is 0.580. The van der Waals surface area contributed by atoms with Crippen LogP contribution < -0.4 is 5.32 Å². The topological polar surface area (TPSA) is 97.2 Å². The number of nitrogens with one attached hydrogen (secondary N) is 1. The second-order valence-corrected chi connectivity index (χ2v) is 9.90. The van der Waals surface area contributed by atoms with Crippen LogP contribution in [0.1, 0.15) is 29.5 Å². The first-order valence-corrected chi connectivity index (χ1v) is 12.9. The fraction of sp³-hybridized carbons (Fsp3) is 0.194. The van der Waals surface area contributed by atoms with Crippen molar-refractivity contribution >= 4 is 45.1 Å². The molecule has 39 heavy (non-hydrogen) atoms. The number of fused-ring (bicyclic) bond motifs is 2. The van der Waals surface area contributed by atoms with Crippen molar-refractivity contribution in [1.82, 2.24) is 19.7 Å². The van der Waals surface area contributed by atoms with E-state index in [0.717, 1.165) is 27.6 Å². The maximum Gasteiger partial charge on any atom is 0.248 e. The number of amides is 2. The maximum atomic E-state index is 13.2. The van der Waals surface area contributed by atoms with E-state index in [-0.39, 0.29) is 24.1 Å². The molecular formula is C31H27N5O3. The minimum atomic E-state index is -0.562. The van der Waals surface area contributed by atoms with Crippen LogP contribution in [0.4, 0.5) is 5.82 Å². The first-order chi connectivity index (χ1) is 18.9. The third-order valence-electron chi connectivity index (χ3n) is 7.23. The summed E-state index contributed by atoms with van der Waals surface area (Å²) in [6.45, 7) is 3.75. The molecule has 1 saturated heterocycles. The lowest BCUT2D eigenvalue weighted by Gasteiger charge is -2.39. The van der Waals surface area contributed by atoms with Gasteiger partial charge in [-0.3, -0.25) is 19.1 Å². The van der Waals surface area contributed by atoms with Crippen molar-refractivity contribution in [1.29, 1.82) is 0 Å². The number of nitrogens with zero attached hydrogens (tertiary/aromatic N) is 4. The highest BCUT2D eigenvalue weighted by atomic mass is 16.2. The lowest BCUT2D eigenvalue weighted by Crippen LogP contribution is -2.57. The van der Waals surface area contributed by atoms with Crippen LogP contribution in [0, 0.1) is 6.92 Å². The number of benzene rings is 3. The Morgan fingerprint density at radius 2 is 1.69 bits per heavy atom. The fourth-order valence-electron chi connectivity index (χ4n) is 5.11. The van der Waals surface area contributed by atoms with Crippen LogP contribution in [0.3, 0.4) is 0 Å². The van der Waals surface area contributed by atoms with Gasteiger partial charge in [0.2, 0.25) is 11.8 Å². The zero-order valence-corrected chi connectivity index (χ0v) is 21.7. The van der Waals surface area contributed by atoms with Gasteiger partial charge in [0.1, 0.15) is 24.1 Å². The van der Waals surface area contributed by atoms with E-state index in [1.807, 2.05) is 49.4 Å². The Labute approximate surface area is 225 Å². The lowest BCUT2D eigenvalue weighted by molar-refractivity contribution is -0.145. The summed E-state index contributed by atoms with van der Waals surface area (Å²) in [6, 6.07) is 25.1. The second-order valence-electron chi connectivity index (χ2n) is 9.90. The minimum Gasteiger partial charge on any atom is -0.329 e. The van der Waals surface area contributed by atoms with Crippen molar-refractivity contribution in [2.75, 3.05) is 11.9 Å². The molecule has 1 N–H and O–H groups in total. The molecule has 0 bridgehead atoms. The molecule has 3 heterocycles. The van der Waals surface area contributed by atoms with Crippen LogP contribution in [0.2, 0.25) is 0 Å². The molecule has 0 saturated carbocycles. The summed E-state index contributed by atoms with van der Waals surface area (Å²) in [4.78, 5) is 44.4. The van der Waals surface area contributed by atoms with Crippen LogP contribution in [0.25, 0.3) is 32.8 Å². The average Bonchev–Trinajstić information content (AvgIpc) is 3.25. The molecule has 8 nitrogen and oxygen atoms in total. The van der Waals surface area contributed by atoms with Crippen molar-refractivity contribution in [2.45, 2.75) is 32.9 Å². The smallest absolute Gasteiger partial charge is 0.248 e. The first-order valence-electron chi connectivity index (χ1n) is 12.9. The number of pyridine rings is 1. The van der Waals surface area contributed by atoms with Gasteiger partial charge in [-0.1, -0.05) is 48.5 Å². The van der Waals surface area contributed by atoms with Gasteiger partial charge in [0.05, 0.1) is 5.52 Å². The van der Waals surface area contributed by atoms with Crippen molar-refractivity contribution in [3.05, 3.63) is 90.3 Å². The van der Waals surface area contributed by atoms with E-state index in [0.29, 0.717) is 35.4 Å². The maximum absolute atomic E-state index is 13.2. The monoisotopic (exact) mass is 517 g/mol. The van der Waals surface area contributed by atoms with Gasteiger partial charge in [0.25, 0.3) is 0 Å². The Hall–Kier alpha value is -4.85. The van der Waals surface area contributed by atoms with Gasteiger partial charge in [-0.15, -0.1) is 0 Å². The number of anilines is 1. The highest BCUT2D eigenvalue weighted by Crippen LogP contribution is 2.30. The molecule has 1 atom stereocenters. The molecule has 2 amide bonds. The molecule has 0 radical (unpaired) electrons. The Morgan fingerprint density at radius 3 is 2.44 bits per heavy atom. The van der Waals surface area contributed by atoms with Gasteiger partial charge in [-0.05, 0) is 65.6 Å². The van der Waals surface area contributed by atoms with Crippen LogP contribution in [0.5, 0.6) is 0 Å². The van der Waals surface area contributed by atoms with Crippen molar-refractivity contribution < 1.29 is 14.4 Å². The Morgan fingerprint density at radius 1 is 0.923 bits per heavy atom. The Kier molecular flexibility index (Phi) is 6.15. The van der Waals surface area contributed by atoms with E-state index in [4.69, 9.17) is 0 Å². The van der Waals surface area contributed by atoms with Crippen molar-refractivity contribution in [3.63, 3.8) is 0 Å². The third-order valence-corrected chi connectivity index (χ3v) is 7.23. The number of Topliss-reactive ketones (excluding diaryl/α,β-unsaturated/α-hetero) is 1. The van der Waals surface area contributed by atoms with Crippen LogP contribution >= 0.6 is 0 Å². The molecule has 2 aromatic heterocycles. The largest absolute Gasteiger partial charge is 0.329 e. The summed E-state index contributed by atoms with van der Waals surface area (Å²) < 4.78 is 1.56. The highest BCUT2D eigenvalue weighted by molar-refractivity contribution is 6.06. The summed E-state index contributed by atoms with van der Waals surface area (Å²) >= 11 is 0. The third kappa shape index (κ3) is 4.65. The van der Waals surface area contributed by atoms with E-state index in [1.165, 1.54) is 6.92 Å². The van der Waals surface area contributed by atoms with Gasteiger partial charge >= 0.3 is 0 Å². The zero-order valence-electron chi connectivity index (χ0n) is 21.7. The molecule has 3 aromatic carbocycles. The first kappa shape index (κ1) is 24.5. The molecule has 5 aromatic rings. The minimum absolute atomic E-state index is 0.0639. The molecule has 6 rings (SSSR count). The van der Waals surface area contributed by atoms with Crippen molar-refractivity contribution in [2.24, 2.45) is 0 Å². The predicted molar refractivity (Wildman–Crippen MR) is 150 cm³/mol. The normalized spacial score (nSPS) is 14.8. The molecule has 1 fully saturated rings. The number of likely N-dealkylation sites (tertiary alicyclic amines) is 1. The van der Waals surface area contributed by atoms with E-state index >= 15 is 0 Å². The van der Waals surface area contributed by atoms with Gasteiger partial charge < -0.3 is 10.2 Å². The lowest BCUT2D eigenvalue weighted by atomic mass is 9.99. The molecule has 0 spiro atoms. The number of ketones is 1. The van der Waals surface area contributed by atoms with E-state index in [2.05, 4.69) is 45.7 Å². The van der Waals surface area contributed by atoms with Crippen molar-refractivity contribution in [3.8, 4) is 11.1 Å². The zero-order chi connectivity index (χ0) is 27.1. The summed E-state index contributed by atoms with van der Waals surface area (Å²) in [5.41, 5.74) is 3.81. The summed E-state index contributed by atoms with van der Waals surface area (Å²) in [5.74, 6) is -0.196. The van der Waals surface area contributed by atoms with Gasteiger partial charge in [0, 0.05) is 24.5 Å². The molecule has 194 valence electrons. The molecule has 1 aliphatic rings. The molecule has 0 aliphatic carbocycles. The summed E-state index contributed by atoms with van der Waals surface area (Å²) in [5, 5.41) is 10.3. The Bertz CT molecular complexity index is 1770. The Balaban J connectivity index is 1.25. The summed E-state index contributed by atoms with van der Waals surface area (Å²) in [7, 11) is 0. The van der Waals surface area contributed by atoms with Crippen LogP contribution in [-0.2, 0) is 16.1 Å². The standard InChI is InChI=1S/C31H27N5O3/c1-19-6-5-9-28(32-19)33-31(39)27-14-15-35(27)29(38)18-36-26-13-12-24(17-25(26)30(34-36)20(2)37)23-11-10-21-7-3-4-8-22(21)16-23/h3-13,16-17,27H,14-15,18H2,1-2H3,(H,32,33,39)/t27-/m0/s1.